The molecule has 3 aliphatic rings. The number of halogens is 2. The van der Waals surface area contributed by atoms with Crippen LogP contribution in [0.15, 0.2) is 60.7 Å². The summed E-state index contributed by atoms with van der Waals surface area (Å²) >= 11 is 12.3. The van der Waals surface area contributed by atoms with Crippen LogP contribution >= 0.6 is 23.2 Å². The number of carboxylic acid groups (broad SMARTS) is 1. The molecule has 1 spiro atoms. The SMILES string of the molecule is O=C(Nc1ccc2c(c1)OCO2)[C@H]1[C@@H](c2ccc(Cl)c(Cl)c2)OC2(C(=O)c3ccccc3[C@@H]2O)[C@H]1C(=O)[O-].[Na+]. The van der Waals surface area contributed by atoms with Gasteiger partial charge in [-0.15, -0.1) is 0 Å². The number of ketones is 1. The number of nitrogens with one attached hydrogen (secondary N) is 1. The molecule has 2 heterocycles. The second kappa shape index (κ2) is 10.4. The third-order valence-corrected chi connectivity index (χ3v) is 7.94. The molecule has 12 heteroatoms. The first-order chi connectivity index (χ1) is 18.2. The van der Waals surface area contributed by atoms with Crippen molar-refractivity contribution < 1.29 is 68.4 Å². The molecule has 2 N–H and O–H groups in total. The molecule has 0 radical (unpaired) electrons. The van der Waals surface area contributed by atoms with E-state index in [0.717, 1.165) is 0 Å². The van der Waals surface area contributed by atoms with E-state index in [9.17, 15) is 24.6 Å². The van der Waals surface area contributed by atoms with E-state index in [0.29, 0.717) is 22.7 Å². The molecule has 9 nitrogen and oxygen atoms in total. The molecule has 0 aromatic heterocycles. The average molecular weight is 578 g/mol. The maximum absolute atomic E-state index is 13.8. The summed E-state index contributed by atoms with van der Waals surface area (Å²) in [6, 6.07) is 15.3. The molecule has 1 unspecified atom stereocenters. The van der Waals surface area contributed by atoms with Gasteiger partial charge in [-0.3, -0.25) is 9.59 Å². The minimum atomic E-state index is -2.31. The molecule has 0 bridgehead atoms. The van der Waals surface area contributed by atoms with Crippen LogP contribution in [0.2, 0.25) is 10.0 Å². The predicted molar refractivity (Wildman–Crippen MR) is 132 cm³/mol. The third kappa shape index (κ3) is 4.33. The topological polar surface area (TPSA) is 134 Å². The Balaban J connectivity index is 0.00000308. The Hall–Kier alpha value is -2.63. The molecule has 39 heavy (non-hydrogen) atoms. The van der Waals surface area contributed by atoms with Crippen molar-refractivity contribution in [1.82, 2.24) is 0 Å². The van der Waals surface area contributed by atoms with Crippen molar-refractivity contribution in [2.75, 3.05) is 12.1 Å². The van der Waals surface area contributed by atoms with Crippen LogP contribution in [-0.2, 0) is 14.3 Å². The molecular weight excluding hydrogens is 560 g/mol. The Morgan fingerprint density at radius 2 is 1.74 bits per heavy atom. The number of anilines is 1. The Bertz CT molecular complexity index is 1520. The number of carboxylic acids is 1. The summed E-state index contributed by atoms with van der Waals surface area (Å²) in [7, 11) is 0. The van der Waals surface area contributed by atoms with E-state index >= 15 is 0 Å². The molecule has 6 rings (SSSR count). The van der Waals surface area contributed by atoms with Crippen LogP contribution in [-0.4, -0.2) is 35.2 Å². The molecule has 1 fully saturated rings. The van der Waals surface area contributed by atoms with E-state index in [1.165, 1.54) is 36.4 Å². The average Bonchev–Trinajstić information content (AvgIpc) is 3.57. The second-order valence-electron chi connectivity index (χ2n) is 9.20. The summed E-state index contributed by atoms with van der Waals surface area (Å²) in [5, 5.41) is 27.1. The fourth-order valence-corrected chi connectivity index (χ4v) is 5.82. The zero-order valence-corrected chi connectivity index (χ0v) is 23.9. The van der Waals surface area contributed by atoms with Gasteiger partial charge in [0, 0.05) is 23.3 Å². The van der Waals surface area contributed by atoms with Crippen molar-refractivity contribution in [3.05, 3.63) is 87.4 Å². The van der Waals surface area contributed by atoms with Gasteiger partial charge in [0.05, 0.1) is 28.0 Å². The number of aliphatic carboxylic acids is 1. The fraction of sp³-hybridized carbons (Fsp3) is 0.222. The molecule has 194 valence electrons. The molecule has 1 aliphatic carbocycles. The first-order valence-corrected chi connectivity index (χ1v) is 12.3. The van der Waals surface area contributed by atoms with Crippen LogP contribution < -0.4 is 49.5 Å². The van der Waals surface area contributed by atoms with Crippen molar-refractivity contribution in [3.8, 4) is 11.5 Å². The molecule has 2 aliphatic heterocycles. The number of amides is 1. The minimum Gasteiger partial charge on any atom is -0.550 e. The van der Waals surface area contributed by atoms with E-state index in [-0.39, 0.29) is 57.5 Å². The molecule has 3 aromatic carbocycles. The van der Waals surface area contributed by atoms with Gasteiger partial charge in [-0.1, -0.05) is 53.5 Å². The van der Waals surface area contributed by atoms with Gasteiger partial charge in [0.25, 0.3) is 0 Å². The Morgan fingerprint density at radius 3 is 2.46 bits per heavy atom. The molecule has 5 atom stereocenters. The quantitative estimate of drug-likeness (QED) is 0.417. The minimum absolute atomic E-state index is 0. The maximum Gasteiger partial charge on any atom is 1.00 e. The van der Waals surface area contributed by atoms with Crippen LogP contribution in [0.25, 0.3) is 0 Å². The molecule has 1 saturated heterocycles. The van der Waals surface area contributed by atoms with Gasteiger partial charge in [-0.2, -0.15) is 0 Å². The van der Waals surface area contributed by atoms with E-state index in [2.05, 4.69) is 5.32 Å². The van der Waals surface area contributed by atoms with E-state index in [1.54, 1.807) is 24.3 Å². The summed E-state index contributed by atoms with van der Waals surface area (Å²) in [6.07, 6.45) is -2.96. The number of carbonyl (C=O) groups excluding carboxylic acids is 3. The standard InChI is InChI=1S/C27H19Cl2NO8.Na/c28-16-7-5-12(9-17(16)29)22-20(25(33)30-13-6-8-18-19(10-13)37-11-36-18)21(26(34)35)27(38-22)23(31)14-3-1-2-4-15(14)24(27)32;/h1-10,20-23,31H,11H2,(H,30,33)(H,34,35);/q;+1/p-1/t20-,21-,22-,23+,27?;/m1./s1. The number of Topliss-reactive ketones (excluding diaryl/α,β-unsaturated/α-hetero) is 1. The summed E-state index contributed by atoms with van der Waals surface area (Å²) in [5.74, 6) is -5.72. The number of benzene rings is 3. The first-order valence-electron chi connectivity index (χ1n) is 11.6. The Kier molecular flexibility index (Phi) is 7.45. The van der Waals surface area contributed by atoms with Gasteiger partial charge in [0.1, 0.15) is 6.10 Å². The molecule has 0 saturated carbocycles. The van der Waals surface area contributed by atoms with Gasteiger partial charge in [0.15, 0.2) is 22.9 Å². The molecule has 1 amide bonds. The molecule has 3 aromatic rings. The van der Waals surface area contributed by atoms with Gasteiger partial charge >= 0.3 is 29.6 Å². The number of fused-ring (bicyclic) bond motifs is 2. The number of aliphatic hydroxyl groups is 1. The van der Waals surface area contributed by atoms with Crippen LogP contribution in [0.5, 0.6) is 11.5 Å². The smallest absolute Gasteiger partial charge is 0.550 e. The number of carbonyl (C=O) groups is 3. The van der Waals surface area contributed by atoms with Crippen LogP contribution in [0, 0.1) is 11.8 Å². The van der Waals surface area contributed by atoms with Gasteiger partial charge < -0.3 is 34.5 Å². The van der Waals surface area contributed by atoms with Gasteiger partial charge in [-0.05, 0) is 35.4 Å². The Morgan fingerprint density at radius 1 is 1.00 bits per heavy atom. The van der Waals surface area contributed by atoms with Gasteiger partial charge in [0.2, 0.25) is 12.7 Å². The largest absolute Gasteiger partial charge is 1.00 e. The first kappa shape index (κ1) is 27.9. The summed E-state index contributed by atoms with van der Waals surface area (Å²) < 4.78 is 16.8. The van der Waals surface area contributed by atoms with E-state index < -0.39 is 47.3 Å². The van der Waals surface area contributed by atoms with E-state index in [4.69, 9.17) is 37.4 Å². The predicted octanol–water partition coefficient (Wildman–Crippen LogP) is 0.0871. The number of ether oxygens (including phenoxy) is 3. The van der Waals surface area contributed by atoms with Crippen LogP contribution in [0.1, 0.15) is 33.7 Å². The summed E-state index contributed by atoms with van der Waals surface area (Å²) in [6.45, 7) is 0.0262. The maximum atomic E-state index is 13.8. The van der Waals surface area contributed by atoms with Crippen molar-refractivity contribution in [1.29, 1.82) is 0 Å². The van der Waals surface area contributed by atoms with Crippen molar-refractivity contribution in [2.45, 2.75) is 17.8 Å². The monoisotopic (exact) mass is 577 g/mol. The number of aliphatic hydroxyl groups excluding tert-OH is 1. The van der Waals surface area contributed by atoms with Crippen molar-refractivity contribution in [2.24, 2.45) is 11.8 Å². The van der Waals surface area contributed by atoms with Crippen LogP contribution in [0.3, 0.4) is 0 Å². The van der Waals surface area contributed by atoms with Crippen molar-refractivity contribution in [3.63, 3.8) is 0 Å². The number of rotatable bonds is 4. The number of hydrogen-bond donors (Lipinski definition) is 2. The fourth-order valence-electron chi connectivity index (χ4n) is 5.51. The van der Waals surface area contributed by atoms with Crippen molar-refractivity contribution >= 4 is 46.5 Å². The van der Waals surface area contributed by atoms with E-state index in [1.807, 2.05) is 0 Å². The number of hydrogen-bond acceptors (Lipinski definition) is 8. The third-order valence-electron chi connectivity index (χ3n) is 7.20. The second-order valence-corrected chi connectivity index (χ2v) is 10.0. The van der Waals surface area contributed by atoms with Crippen LogP contribution in [0.4, 0.5) is 5.69 Å². The summed E-state index contributed by atoms with van der Waals surface area (Å²) in [5.41, 5.74) is -1.41. The normalized spacial score (nSPS) is 26.3. The zero-order chi connectivity index (χ0) is 26.8. The van der Waals surface area contributed by atoms with Gasteiger partial charge in [-0.25, -0.2) is 0 Å². The molecular formula is C27H18Cl2NNaO8. The Labute approximate surface area is 254 Å². The summed E-state index contributed by atoms with van der Waals surface area (Å²) in [4.78, 5) is 40.2. The zero-order valence-electron chi connectivity index (χ0n) is 20.4.